The number of aryl methyl sites for hydroxylation is 1. The number of nitrogens with two attached hydrogens (primary N) is 1. The lowest BCUT2D eigenvalue weighted by Gasteiger charge is -2.20. The summed E-state index contributed by atoms with van der Waals surface area (Å²) in [7, 11) is -3.52. The van der Waals surface area contributed by atoms with Crippen molar-refractivity contribution in [3.63, 3.8) is 0 Å². The van der Waals surface area contributed by atoms with Crippen molar-refractivity contribution in [1.29, 1.82) is 0 Å². The van der Waals surface area contributed by atoms with E-state index < -0.39 is 10.2 Å². The van der Waals surface area contributed by atoms with Crippen LogP contribution in [0.3, 0.4) is 0 Å². The number of benzene rings is 1. The van der Waals surface area contributed by atoms with Gasteiger partial charge >= 0.3 is 10.2 Å². The maximum Gasteiger partial charge on any atom is 0.304 e. The average Bonchev–Trinajstić information content (AvgIpc) is 3.40. The van der Waals surface area contributed by atoms with Crippen LogP contribution in [-0.4, -0.2) is 64.2 Å². The molecule has 1 aliphatic heterocycles. The van der Waals surface area contributed by atoms with Gasteiger partial charge in [0.2, 0.25) is 5.82 Å². The number of nitrogens with zero attached hydrogens (tertiary/aromatic N) is 7. The lowest BCUT2D eigenvalue weighted by atomic mass is 10.2. The Bertz CT molecular complexity index is 1170. The van der Waals surface area contributed by atoms with Crippen LogP contribution in [0.4, 0.5) is 11.5 Å². The van der Waals surface area contributed by atoms with E-state index in [4.69, 9.17) is 10.5 Å². The van der Waals surface area contributed by atoms with Gasteiger partial charge in [0.15, 0.2) is 0 Å². The fourth-order valence-corrected chi connectivity index (χ4v) is 5.25. The van der Waals surface area contributed by atoms with Crippen molar-refractivity contribution in [2.75, 3.05) is 36.3 Å². The standard InChI is InChI=1S/C21H28N8O3S/c1-2-29-25-21(24-26-29)17-6-8-19(9-7-17)32-15-5-3-4-12-27-13-14-28(33(27,30)31)18-10-11-23-20(22)16-18/h6-11,16H,2-5,12-15H2,1H3,(H2,22,23). The summed E-state index contributed by atoms with van der Waals surface area (Å²) in [5.74, 6) is 1.67. The van der Waals surface area contributed by atoms with E-state index in [0.717, 1.165) is 30.6 Å². The van der Waals surface area contributed by atoms with Crippen molar-refractivity contribution >= 4 is 21.7 Å². The van der Waals surface area contributed by atoms with Crippen molar-refractivity contribution in [3.05, 3.63) is 42.6 Å². The molecule has 0 atom stereocenters. The van der Waals surface area contributed by atoms with Crippen molar-refractivity contribution in [3.8, 4) is 17.1 Å². The zero-order chi connectivity index (χ0) is 23.3. The molecule has 33 heavy (non-hydrogen) atoms. The first-order valence-corrected chi connectivity index (χ1v) is 12.4. The molecular weight excluding hydrogens is 444 g/mol. The molecule has 0 bridgehead atoms. The molecule has 0 saturated carbocycles. The van der Waals surface area contributed by atoms with Crippen LogP contribution in [0, 0.1) is 0 Å². The molecule has 0 spiro atoms. The number of aromatic nitrogens is 5. The Morgan fingerprint density at radius 2 is 1.91 bits per heavy atom. The number of hydrogen-bond donors (Lipinski definition) is 1. The van der Waals surface area contributed by atoms with E-state index in [1.54, 1.807) is 16.9 Å². The third-order valence-electron chi connectivity index (χ3n) is 5.38. The molecule has 3 heterocycles. The van der Waals surface area contributed by atoms with Gasteiger partial charge in [0.1, 0.15) is 11.6 Å². The molecule has 11 nitrogen and oxygen atoms in total. The lowest BCUT2D eigenvalue weighted by Crippen LogP contribution is -2.33. The maximum absolute atomic E-state index is 12.8. The van der Waals surface area contributed by atoms with E-state index >= 15 is 0 Å². The summed E-state index contributed by atoms with van der Waals surface area (Å²) in [4.78, 5) is 5.46. The Kier molecular flexibility index (Phi) is 7.04. The molecule has 2 aromatic heterocycles. The van der Waals surface area contributed by atoms with Crippen LogP contribution in [0.2, 0.25) is 0 Å². The first-order chi connectivity index (χ1) is 16.0. The summed E-state index contributed by atoms with van der Waals surface area (Å²) in [6.07, 6.45) is 4.00. The fraction of sp³-hybridized carbons (Fsp3) is 0.429. The topological polar surface area (TPSA) is 132 Å². The molecule has 2 N–H and O–H groups in total. The smallest absolute Gasteiger partial charge is 0.304 e. The van der Waals surface area contributed by atoms with E-state index in [1.165, 1.54) is 14.8 Å². The molecule has 176 valence electrons. The van der Waals surface area contributed by atoms with E-state index in [-0.39, 0.29) is 0 Å². The highest BCUT2D eigenvalue weighted by Gasteiger charge is 2.36. The molecule has 1 fully saturated rings. The van der Waals surface area contributed by atoms with Crippen molar-refractivity contribution in [1.82, 2.24) is 29.5 Å². The molecule has 1 saturated heterocycles. The average molecular weight is 473 g/mol. The van der Waals surface area contributed by atoms with E-state index in [0.29, 0.717) is 50.1 Å². The number of rotatable bonds is 10. The highest BCUT2D eigenvalue weighted by molar-refractivity contribution is 7.90. The van der Waals surface area contributed by atoms with Crippen LogP contribution in [0.1, 0.15) is 26.2 Å². The first kappa shape index (κ1) is 22.9. The summed E-state index contributed by atoms with van der Waals surface area (Å²) < 4.78 is 34.3. The number of ether oxygens (including phenoxy) is 1. The van der Waals surface area contributed by atoms with Gasteiger partial charge in [0, 0.05) is 37.5 Å². The molecule has 0 amide bonds. The minimum absolute atomic E-state index is 0.303. The van der Waals surface area contributed by atoms with Gasteiger partial charge in [-0.25, -0.2) is 4.98 Å². The normalized spacial score (nSPS) is 15.7. The monoisotopic (exact) mass is 472 g/mol. The van der Waals surface area contributed by atoms with Gasteiger partial charge < -0.3 is 10.5 Å². The molecule has 12 heteroatoms. The first-order valence-electron chi connectivity index (χ1n) is 11.0. The Morgan fingerprint density at radius 3 is 2.64 bits per heavy atom. The van der Waals surface area contributed by atoms with E-state index in [2.05, 4.69) is 20.4 Å². The minimum atomic E-state index is -3.52. The largest absolute Gasteiger partial charge is 0.494 e. The lowest BCUT2D eigenvalue weighted by molar-refractivity contribution is 0.302. The Morgan fingerprint density at radius 1 is 1.09 bits per heavy atom. The second-order valence-electron chi connectivity index (χ2n) is 7.65. The number of anilines is 2. The van der Waals surface area contributed by atoms with Gasteiger partial charge in [-0.15, -0.1) is 10.2 Å². The van der Waals surface area contributed by atoms with Crippen LogP contribution in [0.15, 0.2) is 42.6 Å². The molecular formula is C21H28N8O3S. The van der Waals surface area contributed by atoms with Crippen LogP contribution < -0.4 is 14.8 Å². The molecule has 3 aromatic rings. The van der Waals surface area contributed by atoms with E-state index in [1.807, 2.05) is 31.2 Å². The number of pyridine rings is 1. The number of unbranched alkanes of at least 4 members (excludes halogenated alkanes) is 2. The Balaban J connectivity index is 1.18. The molecule has 1 aromatic carbocycles. The molecule has 0 unspecified atom stereocenters. The summed E-state index contributed by atoms with van der Waals surface area (Å²) in [5, 5.41) is 12.3. The molecule has 0 aliphatic carbocycles. The van der Waals surface area contributed by atoms with Crippen LogP contribution >= 0.6 is 0 Å². The highest BCUT2D eigenvalue weighted by atomic mass is 32.2. The van der Waals surface area contributed by atoms with Crippen LogP contribution in [0.25, 0.3) is 11.4 Å². The predicted molar refractivity (Wildman–Crippen MR) is 125 cm³/mol. The van der Waals surface area contributed by atoms with Gasteiger partial charge in [0.25, 0.3) is 0 Å². The SMILES string of the molecule is CCn1nnc(-c2ccc(OCCCCCN3CCN(c4ccnc(N)c4)S3(=O)=O)cc2)n1. The second kappa shape index (κ2) is 10.1. The van der Waals surface area contributed by atoms with Crippen LogP contribution in [0.5, 0.6) is 5.75 Å². The second-order valence-corrected chi connectivity index (χ2v) is 9.51. The van der Waals surface area contributed by atoms with Gasteiger partial charge in [-0.2, -0.15) is 17.5 Å². The highest BCUT2D eigenvalue weighted by Crippen LogP contribution is 2.26. The van der Waals surface area contributed by atoms with Gasteiger partial charge in [-0.1, -0.05) is 0 Å². The minimum Gasteiger partial charge on any atom is -0.494 e. The number of tetrazole rings is 1. The quantitative estimate of drug-likeness (QED) is 0.443. The summed E-state index contributed by atoms with van der Waals surface area (Å²) >= 11 is 0. The molecule has 1 aliphatic rings. The summed E-state index contributed by atoms with van der Waals surface area (Å²) in [6.45, 7) is 4.57. The predicted octanol–water partition coefficient (Wildman–Crippen LogP) is 1.95. The van der Waals surface area contributed by atoms with Crippen molar-refractivity contribution < 1.29 is 13.2 Å². The summed E-state index contributed by atoms with van der Waals surface area (Å²) in [5.41, 5.74) is 7.13. The molecule has 0 radical (unpaired) electrons. The number of nitrogen functional groups attached to an aromatic ring is 1. The Labute approximate surface area is 193 Å². The fourth-order valence-electron chi connectivity index (χ4n) is 3.60. The van der Waals surface area contributed by atoms with E-state index in [9.17, 15) is 8.42 Å². The maximum atomic E-state index is 12.8. The Hall–Kier alpha value is -3.25. The van der Waals surface area contributed by atoms with Crippen molar-refractivity contribution in [2.24, 2.45) is 0 Å². The van der Waals surface area contributed by atoms with Gasteiger partial charge in [0.05, 0.1) is 18.8 Å². The molecule has 4 rings (SSSR count). The zero-order valence-corrected chi connectivity index (χ0v) is 19.4. The zero-order valence-electron chi connectivity index (χ0n) is 18.5. The summed E-state index contributed by atoms with van der Waals surface area (Å²) in [6, 6.07) is 10.8. The van der Waals surface area contributed by atoms with Gasteiger partial charge in [-0.3, -0.25) is 4.31 Å². The third-order valence-corrected chi connectivity index (χ3v) is 7.35. The third kappa shape index (κ3) is 5.40. The van der Waals surface area contributed by atoms with Gasteiger partial charge in [-0.05, 0) is 61.7 Å². The number of hydrogen-bond acceptors (Lipinski definition) is 8. The van der Waals surface area contributed by atoms with Crippen LogP contribution in [-0.2, 0) is 16.8 Å². The van der Waals surface area contributed by atoms with Crippen molar-refractivity contribution in [2.45, 2.75) is 32.7 Å².